The highest BCUT2D eigenvalue weighted by Crippen LogP contribution is 2.66. The molecule has 3 aliphatic carbocycles. The summed E-state index contributed by atoms with van der Waals surface area (Å²) in [4.78, 5) is 17.2. The molecule has 1 unspecified atom stereocenters. The van der Waals surface area contributed by atoms with Gasteiger partial charge in [-0.1, -0.05) is 0 Å². The van der Waals surface area contributed by atoms with Crippen molar-refractivity contribution in [3.8, 4) is 0 Å². The molecule has 0 saturated heterocycles. The van der Waals surface area contributed by atoms with Gasteiger partial charge in [0, 0.05) is 5.41 Å². The van der Waals surface area contributed by atoms with Crippen molar-refractivity contribution in [1.29, 1.82) is 0 Å². The van der Waals surface area contributed by atoms with Crippen LogP contribution < -0.4 is 0 Å². The Bertz CT molecular complexity index is 814. The predicted molar refractivity (Wildman–Crippen MR) is 78.2 cm³/mol. The highest BCUT2D eigenvalue weighted by Gasteiger charge is 2.65. The minimum atomic E-state index is -4.16. The molecule has 1 atom stereocenters. The molecule has 2 bridgehead atoms. The number of aromatic nitrogens is 4. The fourth-order valence-corrected chi connectivity index (χ4v) is 4.28. The van der Waals surface area contributed by atoms with Crippen molar-refractivity contribution in [1.82, 2.24) is 19.9 Å². The Morgan fingerprint density at radius 3 is 2.26 bits per heavy atom. The molecule has 4 nitrogen and oxygen atoms in total. The Kier molecular flexibility index (Phi) is 2.96. The molecule has 8 heteroatoms. The summed E-state index contributed by atoms with van der Waals surface area (Å²) in [5.41, 5.74) is 2.23. The second-order valence-corrected chi connectivity index (χ2v) is 7.05. The van der Waals surface area contributed by atoms with Crippen LogP contribution in [0.4, 0.5) is 13.2 Å². The number of alkyl halides is 3. The lowest BCUT2D eigenvalue weighted by Crippen LogP contribution is -2.35. The standard InChI is InChI=1S/C15H14ClF3N4/c1-6-7(2)21-12-10(20-6)11(22-13(16)23-12)14-3-8(4-14)9(5-14)15(17,18)19/h8-9H,3-5H2,1-2H3. The molecular formula is C15H14ClF3N4. The number of fused-ring (bicyclic) bond motifs is 2. The van der Waals surface area contributed by atoms with Crippen LogP contribution in [0.1, 0.15) is 36.3 Å². The van der Waals surface area contributed by atoms with Gasteiger partial charge in [0.05, 0.1) is 23.0 Å². The molecule has 0 aromatic carbocycles. The Morgan fingerprint density at radius 1 is 1.00 bits per heavy atom. The van der Waals surface area contributed by atoms with E-state index in [1.54, 1.807) is 0 Å². The molecule has 0 N–H and O–H groups in total. The van der Waals surface area contributed by atoms with Crippen molar-refractivity contribution >= 4 is 22.8 Å². The molecule has 0 amide bonds. The van der Waals surface area contributed by atoms with Gasteiger partial charge in [-0.2, -0.15) is 18.2 Å². The van der Waals surface area contributed by atoms with Crippen LogP contribution in [0.3, 0.4) is 0 Å². The van der Waals surface area contributed by atoms with E-state index in [0.717, 1.165) is 11.4 Å². The van der Waals surface area contributed by atoms with Crippen molar-refractivity contribution < 1.29 is 13.2 Å². The predicted octanol–water partition coefficient (Wildman–Crippen LogP) is 3.92. The smallest absolute Gasteiger partial charge is 0.246 e. The van der Waals surface area contributed by atoms with Crippen molar-refractivity contribution in [2.24, 2.45) is 11.8 Å². The normalized spacial score (nSPS) is 29.8. The zero-order valence-corrected chi connectivity index (χ0v) is 13.3. The average molecular weight is 343 g/mol. The monoisotopic (exact) mass is 342 g/mol. The second-order valence-electron chi connectivity index (χ2n) is 6.71. The molecule has 5 rings (SSSR count). The largest absolute Gasteiger partial charge is 0.392 e. The number of aryl methyl sites for hydroxylation is 2. The minimum absolute atomic E-state index is 0.0123. The summed E-state index contributed by atoms with van der Waals surface area (Å²) < 4.78 is 39.4. The molecule has 3 aliphatic rings. The van der Waals surface area contributed by atoms with Crippen LogP contribution in [0, 0.1) is 25.7 Å². The van der Waals surface area contributed by atoms with Gasteiger partial charge < -0.3 is 0 Å². The number of hydrogen-bond donors (Lipinski definition) is 0. The van der Waals surface area contributed by atoms with Gasteiger partial charge in [-0.3, -0.25) is 0 Å². The summed E-state index contributed by atoms with van der Waals surface area (Å²) in [6, 6.07) is 0. The summed E-state index contributed by atoms with van der Waals surface area (Å²) in [7, 11) is 0. The highest BCUT2D eigenvalue weighted by molar-refractivity contribution is 6.28. The van der Waals surface area contributed by atoms with Crippen LogP contribution in [-0.2, 0) is 5.41 Å². The molecule has 2 aromatic heterocycles. The van der Waals surface area contributed by atoms with Crippen molar-refractivity contribution in [3.63, 3.8) is 0 Å². The zero-order valence-electron chi connectivity index (χ0n) is 12.6. The lowest BCUT2D eigenvalue weighted by Gasteiger charge is -2.38. The van der Waals surface area contributed by atoms with Gasteiger partial charge in [-0.05, 0) is 50.6 Å². The van der Waals surface area contributed by atoms with Gasteiger partial charge in [0.25, 0.3) is 0 Å². The van der Waals surface area contributed by atoms with E-state index >= 15 is 0 Å². The Morgan fingerprint density at radius 2 is 1.65 bits per heavy atom. The Labute approximate surface area is 135 Å². The molecule has 122 valence electrons. The summed E-state index contributed by atoms with van der Waals surface area (Å²) in [5.74, 6) is -1.58. The Balaban J connectivity index is 1.86. The molecule has 2 aromatic rings. The lowest BCUT2D eigenvalue weighted by molar-refractivity contribution is -0.180. The van der Waals surface area contributed by atoms with Crippen molar-refractivity contribution in [2.75, 3.05) is 0 Å². The van der Waals surface area contributed by atoms with Crippen LogP contribution in [-0.4, -0.2) is 26.1 Å². The average Bonchev–Trinajstić information content (AvgIpc) is 2.95. The SMILES string of the molecule is Cc1nc2nc(Cl)nc(C34CC(C3)C(C(F)(F)F)C4)c2nc1C. The topological polar surface area (TPSA) is 51.6 Å². The first-order valence-corrected chi connectivity index (χ1v) is 7.83. The van der Waals surface area contributed by atoms with E-state index in [1.165, 1.54) is 0 Å². The number of nitrogens with zero attached hydrogens (tertiary/aromatic N) is 4. The lowest BCUT2D eigenvalue weighted by atomic mass is 9.67. The van der Waals surface area contributed by atoms with E-state index < -0.39 is 17.5 Å². The van der Waals surface area contributed by atoms with E-state index in [-0.39, 0.29) is 17.6 Å². The Hall–Kier alpha value is -1.50. The second kappa shape index (κ2) is 4.53. The van der Waals surface area contributed by atoms with Crippen molar-refractivity contribution in [3.05, 3.63) is 22.4 Å². The quantitative estimate of drug-likeness (QED) is 0.737. The summed E-state index contributed by atoms with van der Waals surface area (Å²) in [6.07, 6.45) is -3.14. The van der Waals surface area contributed by atoms with Gasteiger partial charge in [0.2, 0.25) is 5.28 Å². The third-order valence-corrected chi connectivity index (χ3v) is 5.49. The molecule has 3 saturated carbocycles. The van der Waals surface area contributed by atoms with Gasteiger partial charge in [-0.15, -0.1) is 0 Å². The number of rotatable bonds is 1. The van der Waals surface area contributed by atoms with Gasteiger partial charge in [0.1, 0.15) is 5.52 Å². The van der Waals surface area contributed by atoms with Gasteiger partial charge >= 0.3 is 6.18 Å². The van der Waals surface area contributed by atoms with Crippen LogP contribution in [0.15, 0.2) is 0 Å². The van der Waals surface area contributed by atoms with E-state index in [0.29, 0.717) is 29.7 Å². The van der Waals surface area contributed by atoms with Crippen LogP contribution >= 0.6 is 11.6 Å². The fraction of sp³-hybridized carbons (Fsp3) is 0.600. The van der Waals surface area contributed by atoms with E-state index in [1.807, 2.05) is 13.8 Å². The third kappa shape index (κ3) is 2.12. The fourth-order valence-electron chi connectivity index (χ4n) is 4.11. The zero-order chi connectivity index (χ0) is 16.6. The molecule has 0 radical (unpaired) electrons. The van der Waals surface area contributed by atoms with E-state index in [4.69, 9.17) is 11.6 Å². The highest BCUT2D eigenvalue weighted by atomic mass is 35.5. The maximum atomic E-state index is 13.1. The van der Waals surface area contributed by atoms with E-state index in [9.17, 15) is 13.2 Å². The number of halogens is 4. The van der Waals surface area contributed by atoms with Gasteiger partial charge in [0.15, 0.2) is 5.65 Å². The first kappa shape index (κ1) is 15.1. The number of hydrogen-bond acceptors (Lipinski definition) is 4. The molecule has 23 heavy (non-hydrogen) atoms. The van der Waals surface area contributed by atoms with Crippen LogP contribution in [0.25, 0.3) is 11.2 Å². The van der Waals surface area contributed by atoms with Crippen LogP contribution in [0.2, 0.25) is 5.28 Å². The first-order valence-electron chi connectivity index (χ1n) is 7.45. The molecule has 3 fully saturated rings. The van der Waals surface area contributed by atoms with Crippen molar-refractivity contribution in [2.45, 2.75) is 44.7 Å². The maximum absolute atomic E-state index is 13.1. The molecule has 0 aliphatic heterocycles. The third-order valence-electron chi connectivity index (χ3n) is 5.32. The molecule has 0 spiro atoms. The maximum Gasteiger partial charge on any atom is 0.392 e. The minimum Gasteiger partial charge on any atom is -0.246 e. The van der Waals surface area contributed by atoms with E-state index in [2.05, 4.69) is 19.9 Å². The summed E-state index contributed by atoms with van der Waals surface area (Å²) in [6.45, 7) is 3.62. The van der Waals surface area contributed by atoms with Gasteiger partial charge in [-0.25, -0.2) is 15.0 Å². The first-order chi connectivity index (χ1) is 10.7. The summed E-state index contributed by atoms with van der Waals surface area (Å²) >= 11 is 5.99. The van der Waals surface area contributed by atoms with Crippen LogP contribution in [0.5, 0.6) is 0 Å². The summed E-state index contributed by atoms with van der Waals surface area (Å²) in [5, 5.41) is 0.0123. The molecule has 2 heterocycles. The molecular weight excluding hydrogens is 329 g/mol.